The number of hydrogen-bond acceptors (Lipinski definition) is 0. The molecule has 1 unspecified atom stereocenters. The van der Waals surface area contributed by atoms with Crippen LogP contribution < -0.4 is 0 Å². The van der Waals surface area contributed by atoms with Crippen LogP contribution in [-0.4, -0.2) is 0 Å². The molecule has 0 bridgehead atoms. The van der Waals surface area contributed by atoms with Crippen LogP contribution in [-0.2, 0) is 0 Å². The molecule has 13 heavy (non-hydrogen) atoms. The predicted octanol–water partition coefficient (Wildman–Crippen LogP) is 4.87. The summed E-state index contributed by atoms with van der Waals surface area (Å²) in [5.74, 6) is 0.538. The van der Waals surface area contributed by atoms with Gasteiger partial charge in [0.05, 0.1) is 0 Å². The van der Waals surface area contributed by atoms with Crippen LogP contribution in [0, 0.1) is 5.92 Å². The lowest BCUT2D eigenvalue weighted by atomic mass is 9.94. The molecule has 0 N–H and O–H groups in total. The maximum absolute atomic E-state index is 2.31. The zero-order valence-electron chi connectivity index (χ0n) is 8.97. The molecule has 0 rings (SSSR count). The van der Waals surface area contributed by atoms with Crippen molar-refractivity contribution in [3.8, 4) is 0 Å². The Morgan fingerprint density at radius 3 is 2.46 bits per heavy atom. The molecule has 0 aromatic carbocycles. The highest BCUT2D eigenvalue weighted by atomic mass is 127. The molecule has 0 aromatic rings. The molecule has 0 aliphatic heterocycles. The Balaban J connectivity index is 4.71. The summed E-state index contributed by atoms with van der Waals surface area (Å²) in [5, 5.41) is 0. The first-order valence-electron chi connectivity index (χ1n) is 4.77. The van der Waals surface area contributed by atoms with Gasteiger partial charge in [0.2, 0.25) is 0 Å². The summed E-state index contributed by atoms with van der Waals surface area (Å²) in [4.78, 5) is 0. The van der Waals surface area contributed by atoms with Gasteiger partial charge in [0.15, 0.2) is 0 Å². The average Bonchev–Trinajstić information content (AvgIpc) is 2.13. The smallest absolute Gasteiger partial charge is 0.00109 e. The van der Waals surface area contributed by atoms with E-state index in [9.17, 15) is 0 Å². The Labute approximate surface area is 95.9 Å². The minimum atomic E-state index is 0.538. The van der Waals surface area contributed by atoms with Crippen molar-refractivity contribution in [2.24, 2.45) is 5.92 Å². The number of hydrogen-bond donors (Lipinski definition) is 0. The standard InChI is InChI=1S/C12H19I/c1-5-7-10(3)12(8-6-2)11(4)9-13/h5,7-10H,6H2,1-4H3/b7-5-,11-9+,12-8-. The summed E-state index contributed by atoms with van der Waals surface area (Å²) >= 11 is 2.30. The molecule has 0 aliphatic carbocycles. The maximum atomic E-state index is 2.31. The fourth-order valence-corrected chi connectivity index (χ4v) is 1.74. The van der Waals surface area contributed by atoms with Crippen molar-refractivity contribution < 1.29 is 0 Å². The molecule has 0 saturated heterocycles. The van der Waals surface area contributed by atoms with Gasteiger partial charge in [-0.2, -0.15) is 0 Å². The van der Waals surface area contributed by atoms with Gasteiger partial charge >= 0.3 is 0 Å². The van der Waals surface area contributed by atoms with E-state index in [1.54, 1.807) is 0 Å². The van der Waals surface area contributed by atoms with Crippen LogP contribution in [0.3, 0.4) is 0 Å². The Bertz CT molecular complexity index is 221. The van der Waals surface area contributed by atoms with Gasteiger partial charge in [-0.05, 0) is 41.4 Å². The van der Waals surface area contributed by atoms with Gasteiger partial charge in [-0.15, -0.1) is 0 Å². The van der Waals surface area contributed by atoms with Crippen LogP contribution in [0.5, 0.6) is 0 Å². The van der Waals surface area contributed by atoms with E-state index in [-0.39, 0.29) is 0 Å². The second kappa shape index (κ2) is 7.36. The third-order valence-corrected chi connectivity index (χ3v) is 2.95. The van der Waals surface area contributed by atoms with Crippen molar-refractivity contribution in [3.63, 3.8) is 0 Å². The first-order chi connectivity index (χ1) is 6.17. The molecule has 0 aliphatic rings. The molecule has 0 amide bonds. The minimum absolute atomic E-state index is 0.538. The molecule has 0 spiro atoms. The van der Waals surface area contributed by atoms with Crippen LogP contribution in [0.1, 0.15) is 34.1 Å². The average molecular weight is 290 g/mol. The molecule has 0 fully saturated rings. The van der Waals surface area contributed by atoms with Crippen molar-refractivity contribution in [1.29, 1.82) is 0 Å². The highest BCUT2D eigenvalue weighted by molar-refractivity contribution is 14.1. The van der Waals surface area contributed by atoms with Gasteiger partial charge in [-0.3, -0.25) is 0 Å². The van der Waals surface area contributed by atoms with Gasteiger partial charge in [0.1, 0.15) is 0 Å². The SMILES string of the molecule is C/C=C\C(C)C(=C/CC)/C(C)=C/I. The van der Waals surface area contributed by atoms with E-state index in [1.807, 2.05) is 0 Å². The van der Waals surface area contributed by atoms with E-state index >= 15 is 0 Å². The maximum Gasteiger partial charge on any atom is -0.00109 e. The van der Waals surface area contributed by atoms with Gasteiger partial charge < -0.3 is 0 Å². The van der Waals surface area contributed by atoms with Gasteiger partial charge in [0.25, 0.3) is 0 Å². The molecular formula is C12H19I. The molecule has 0 saturated carbocycles. The van der Waals surface area contributed by atoms with Crippen LogP contribution in [0.25, 0.3) is 0 Å². The lowest BCUT2D eigenvalue weighted by Gasteiger charge is -2.12. The van der Waals surface area contributed by atoms with Crippen molar-refractivity contribution in [1.82, 2.24) is 0 Å². The molecule has 1 heteroatoms. The molecule has 0 aromatic heterocycles. The first kappa shape index (κ1) is 12.9. The first-order valence-corrected chi connectivity index (χ1v) is 6.02. The van der Waals surface area contributed by atoms with E-state index in [4.69, 9.17) is 0 Å². The Kier molecular flexibility index (Phi) is 7.33. The van der Waals surface area contributed by atoms with Crippen molar-refractivity contribution in [2.45, 2.75) is 34.1 Å². The molecule has 0 nitrogen and oxygen atoms in total. The zero-order valence-corrected chi connectivity index (χ0v) is 11.1. The van der Waals surface area contributed by atoms with E-state index in [0.29, 0.717) is 5.92 Å². The summed E-state index contributed by atoms with van der Waals surface area (Å²) in [7, 11) is 0. The fraction of sp³-hybridized carbons (Fsp3) is 0.500. The van der Waals surface area contributed by atoms with Gasteiger partial charge in [-0.1, -0.05) is 54.7 Å². The third kappa shape index (κ3) is 4.65. The number of rotatable bonds is 4. The second-order valence-corrected chi connectivity index (χ2v) is 3.80. The van der Waals surface area contributed by atoms with Crippen molar-refractivity contribution in [2.75, 3.05) is 0 Å². The molecular weight excluding hydrogens is 271 g/mol. The number of allylic oxidation sites excluding steroid dienone is 5. The quantitative estimate of drug-likeness (QED) is 0.393. The third-order valence-electron chi connectivity index (χ3n) is 2.01. The van der Waals surface area contributed by atoms with Gasteiger partial charge in [0, 0.05) is 0 Å². The van der Waals surface area contributed by atoms with Crippen LogP contribution in [0.15, 0.2) is 33.5 Å². The van der Waals surface area contributed by atoms with Crippen LogP contribution in [0.4, 0.5) is 0 Å². The van der Waals surface area contributed by atoms with E-state index in [0.717, 1.165) is 6.42 Å². The topological polar surface area (TPSA) is 0 Å². The Morgan fingerprint density at radius 1 is 1.46 bits per heavy atom. The van der Waals surface area contributed by atoms with E-state index < -0.39 is 0 Å². The summed E-state index contributed by atoms with van der Waals surface area (Å²) in [5.41, 5.74) is 2.84. The monoisotopic (exact) mass is 290 g/mol. The van der Waals surface area contributed by atoms with Gasteiger partial charge in [-0.25, -0.2) is 0 Å². The molecule has 74 valence electrons. The molecule has 1 atom stereocenters. The minimum Gasteiger partial charge on any atom is -0.0911 e. The van der Waals surface area contributed by atoms with Crippen molar-refractivity contribution >= 4 is 22.6 Å². The predicted molar refractivity (Wildman–Crippen MR) is 70.1 cm³/mol. The summed E-state index contributed by atoms with van der Waals surface area (Å²) < 4.78 is 2.15. The molecule has 0 radical (unpaired) electrons. The second-order valence-electron chi connectivity index (χ2n) is 3.17. The normalized spacial score (nSPS) is 16.7. The lowest BCUT2D eigenvalue weighted by Crippen LogP contribution is -1.97. The highest BCUT2D eigenvalue weighted by Crippen LogP contribution is 2.22. The van der Waals surface area contributed by atoms with Crippen molar-refractivity contribution in [3.05, 3.63) is 33.5 Å². The summed E-state index contributed by atoms with van der Waals surface area (Å²) in [6.45, 7) is 8.67. The highest BCUT2D eigenvalue weighted by Gasteiger charge is 2.05. The Morgan fingerprint density at radius 2 is 2.08 bits per heavy atom. The summed E-state index contributed by atoms with van der Waals surface area (Å²) in [6.07, 6.45) is 7.79. The lowest BCUT2D eigenvalue weighted by molar-refractivity contribution is 0.860. The largest absolute Gasteiger partial charge is 0.0911 e. The summed E-state index contributed by atoms with van der Waals surface area (Å²) in [6, 6.07) is 0. The van der Waals surface area contributed by atoms with E-state index in [1.165, 1.54) is 11.1 Å². The fourth-order valence-electron chi connectivity index (χ4n) is 1.38. The molecule has 0 heterocycles. The number of halogens is 1. The van der Waals surface area contributed by atoms with Crippen LogP contribution in [0.2, 0.25) is 0 Å². The van der Waals surface area contributed by atoms with E-state index in [2.05, 4.69) is 72.6 Å². The Hall–Kier alpha value is -0.0500. The van der Waals surface area contributed by atoms with Crippen LogP contribution >= 0.6 is 22.6 Å². The zero-order chi connectivity index (χ0) is 10.3.